The average Bonchev–Trinajstić information content (AvgIpc) is 3.32. The zero-order valence-corrected chi connectivity index (χ0v) is 20.8. The number of fused-ring (bicyclic) bond motifs is 2. The normalized spacial score (nSPS) is 18.5. The Morgan fingerprint density at radius 2 is 1.74 bits per heavy atom. The lowest BCUT2D eigenvalue weighted by molar-refractivity contribution is 0.0982. The number of anilines is 1. The number of rotatable bonds is 4. The summed E-state index contributed by atoms with van der Waals surface area (Å²) in [4.78, 5) is 17.1. The number of piperazine rings is 1. The number of likely N-dealkylation sites (N-methyl/N-ethyl adjacent to an activating group) is 1. The van der Waals surface area contributed by atoms with Gasteiger partial charge in [-0.15, -0.1) is 0 Å². The maximum absolute atomic E-state index is 5.52. The number of aryl methyl sites for hydroxylation is 1. The van der Waals surface area contributed by atoms with Crippen LogP contribution in [0.25, 0.3) is 27.7 Å². The minimum atomic E-state index is 0.702. The lowest BCUT2D eigenvalue weighted by Gasteiger charge is -2.42. The average molecular weight is 472 g/mol. The third-order valence-corrected chi connectivity index (χ3v) is 7.76. The number of piperidine rings is 1. The molecule has 2 fully saturated rings. The summed E-state index contributed by atoms with van der Waals surface area (Å²) in [7, 11) is 3.92. The van der Waals surface area contributed by atoms with Gasteiger partial charge in [0.25, 0.3) is 0 Å². The zero-order chi connectivity index (χ0) is 23.9. The van der Waals surface area contributed by atoms with Crippen molar-refractivity contribution in [1.82, 2.24) is 29.4 Å². The lowest BCUT2D eigenvalue weighted by Crippen LogP contribution is -2.52. The minimum Gasteiger partial charge on any atom is -0.497 e. The van der Waals surface area contributed by atoms with Crippen LogP contribution < -0.4 is 9.64 Å². The second-order valence-corrected chi connectivity index (χ2v) is 9.90. The Bertz CT molecular complexity index is 1350. The van der Waals surface area contributed by atoms with Crippen LogP contribution in [-0.4, -0.2) is 88.8 Å². The molecule has 4 aromatic rings. The molecule has 0 atom stereocenters. The Balaban J connectivity index is 1.25. The van der Waals surface area contributed by atoms with Gasteiger partial charge in [0, 0.05) is 62.5 Å². The Hall–Kier alpha value is -3.23. The predicted molar refractivity (Wildman–Crippen MR) is 139 cm³/mol. The van der Waals surface area contributed by atoms with Gasteiger partial charge in [0.2, 0.25) is 0 Å². The van der Waals surface area contributed by atoms with E-state index in [-0.39, 0.29) is 0 Å². The Labute approximate surface area is 206 Å². The number of hydrogen-bond donors (Lipinski definition) is 0. The van der Waals surface area contributed by atoms with Crippen molar-refractivity contribution in [3.05, 3.63) is 48.5 Å². The fourth-order valence-electron chi connectivity index (χ4n) is 5.65. The summed E-state index contributed by atoms with van der Waals surface area (Å²) in [5.41, 5.74) is 6.14. The van der Waals surface area contributed by atoms with Crippen LogP contribution in [0, 0.1) is 6.92 Å². The van der Waals surface area contributed by atoms with Gasteiger partial charge < -0.3 is 14.5 Å². The third kappa shape index (κ3) is 4.10. The second-order valence-electron chi connectivity index (χ2n) is 9.90. The maximum atomic E-state index is 5.52. The fraction of sp³-hybridized carbons (Fsp3) is 0.444. The van der Waals surface area contributed by atoms with Crippen LogP contribution in [0.5, 0.6) is 5.75 Å². The van der Waals surface area contributed by atoms with Crippen LogP contribution >= 0.6 is 0 Å². The monoisotopic (exact) mass is 471 g/mol. The summed E-state index contributed by atoms with van der Waals surface area (Å²) in [6.45, 7) is 8.94. The van der Waals surface area contributed by atoms with E-state index in [1.54, 1.807) is 7.11 Å². The number of hydrogen-bond acceptors (Lipinski definition) is 7. The van der Waals surface area contributed by atoms with E-state index in [9.17, 15) is 0 Å². The molecular weight excluding hydrogens is 438 g/mol. The van der Waals surface area contributed by atoms with E-state index in [0.29, 0.717) is 6.04 Å². The van der Waals surface area contributed by atoms with Gasteiger partial charge in [0.05, 0.1) is 36.9 Å². The van der Waals surface area contributed by atoms with Gasteiger partial charge in [-0.3, -0.25) is 9.88 Å². The Kier molecular flexibility index (Phi) is 5.78. The minimum absolute atomic E-state index is 0.702. The first-order chi connectivity index (χ1) is 17.1. The summed E-state index contributed by atoms with van der Waals surface area (Å²) in [6.07, 6.45) is 10.3. The summed E-state index contributed by atoms with van der Waals surface area (Å²) in [5.74, 6) is 0.830. The first-order valence-electron chi connectivity index (χ1n) is 12.6. The highest BCUT2D eigenvalue weighted by Crippen LogP contribution is 2.34. The van der Waals surface area contributed by atoms with E-state index in [1.807, 2.05) is 41.3 Å². The standard InChI is InChI=1S/C27H33N7O/c1-19-14-22(35-3)15-24-23(4-7-28-26(19)24)25-17-30-34-18-21(16-29-27(25)34)32-8-5-20(6-9-32)33-12-10-31(2)11-13-33/h4,7,14-18,20H,5-6,8-13H2,1-3H3. The molecule has 6 rings (SSSR count). The molecule has 2 aliphatic rings. The predicted octanol–water partition coefficient (Wildman–Crippen LogP) is 3.48. The molecule has 0 amide bonds. The highest BCUT2D eigenvalue weighted by molar-refractivity contribution is 5.99. The molecule has 5 heterocycles. The Morgan fingerprint density at radius 3 is 2.51 bits per heavy atom. The SMILES string of the molecule is COc1cc(C)c2nccc(-c3cnn4cc(N5CCC(N6CCN(C)CC6)CC5)cnc34)c2c1. The quantitative estimate of drug-likeness (QED) is 0.452. The maximum Gasteiger partial charge on any atom is 0.162 e. The summed E-state index contributed by atoms with van der Waals surface area (Å²) < 4.78 is 7.44. The van der Waals surface area contributed by atoms with Crippen molar-refractivity contribution in [2.75, 3.05) is 58.3 Å². The van der Waals surface area contributed by atoms with Crippen molar-refractivity contribution < 1.29 is 4.74 Å². The first-order valence-corrected chi connectivity index (χ1v) is 12.6. The van der Waals surface area contributed by atoms with Gasteiger partial charge in [-0.2, -0.15) is 5.10 Å². The molecule has 35 heavy (non-hydrogen) atoms. The van der Waals surface area contributed by atoms with Crippen LogP contribution in [0.3, 0.4) is 0 Å². The molecule has 1 aromatic carbocycles. The molecule has 0 bridgehead atoms. The van der Waals surface area contributed by atoms with Crippen molar-refractivity contribution in [2.24, 2.45) is 0 Å². The summed E-state index contributed by atoms with van der Waals surface area (Å²) >= 11 is 0. The van der Waals surface area contributed by atoms with Crippen LogP contribution in [-0.2, 0) is 0 Å². The van der Waals surface area contributed by atoms with E-state index in [2.05, 4.69) is 45.0 Å². The Morgan fingerprint density at radius 1 is 0.943 bits per heavy atom. The van der Waals surface area contributed by atoms with Crippen molar-refractivity contribution in [3.63, 3.8) is 0 Å². The number of aromatic nitrogens is 4. The highest BCUT2D eigenvalue weighted by Gasteiger charge is 2.27. The third-order valence-electron chi connectivity index (χ3n) is 7.76. The van der Waals surface area contributed by atoms with Gasteiger partial charge >= 0.3 is 0 Å². The molecule has 0 spiro atoms. The van der Waals surface area contributed by atoms with Crippen molar-refractivity contribution >= 4 is 22.2 Å². The van der Waals surface area contributed by atoms with Crippen LogP contribution in [0.4, 0.5) is 5.69 Å². The smallest absolute Gasteiger partial charge is 0.162 e. The summed E-state index contributed by atoms with van der Waals surface area (Å²) in [5, 5.41) is 5.73. The largest absolute Gasteiger partial charge is 0.497 e. The number of benzene rings is 1. The molecule has 0 N–H and O–H groups in total. The number of ether oxygens (including phenoxy) is 1. The second kappa shape index (κ2) is 9.09. The zero-order valence-electron chi connectivity index (χ0n) is 20.8. The molecule has 3 aromatic heterocycles. The lowest BCUT2D eigenvalue weighted by atomic mass is 10.0. The molecule has 182 valence electrons. The molecular formula is C27H33N7O. The van der Waals surface area contributed by atoms with Crippen molar-refractivity contribution in [2.45, 2.75) is 25.8 Å². The highest BCUT2D eigenvalue weighted by atomic mass is 16.5. The molecule has 8 nitrogen and oxygen atoms in total. The molecule has 2 saturated heterocycles. The topological polar surface area (TPSA) is 62.0 Å². The fourth-order valence-corrected chi connectivity index (χ4v) is 5.65. The molecule has 8 heteroatoms. The van der Waals surface area contributed by atoms with E-state index in [1.165, 1.54) is 39.0 Å². The number of nitrogens with zero attached hydrogens (tertiary/aromatic N) is 7. The van der Waals surface area contributed by atoms with Gasteiger partial charge in [-0.1, -0.05) is 0 Å². The number of methoxy groups -OCH3 is 1. The van der Waals surface area contributed by atoms with E-state index in [0.717, 1.165) is 57.8 Å². The molecule has 2 aliphatic heterocycles. The summed E-state index contributed by atoms with van der Waals surface area (Å²) in [6, 6.07) is 6.81. The molecule has 0 radical (unpaired) electrons. The van der Waals surface area contributed by atoms with Gasteiger partial charge in [-0.25, -0.2) is 9.50 Å². The molecule has 0 saturated carbocycles. The van der Waals surface area contributed by atoms with Crippen molar-refractivity contribution in [1.29, 1.82) is 0 Å². The van der Waals surface area contributed by atoms with Crippen LogP contribution in [0.1, 0.15) is 18.4 Å². The van der Waals surface area contributed by atoms with Gasteiger partial charge in [0.1, 0.15) is 5.75 Å². The van der Waals surface area contributed by atoms with Crippen LogP contribution in [0.15, 0.2) is 43.0 Å². The van der Waals surface area contributed by atoms with Crippen LogP contribution in [0.2, 0.25) is 0 Å². The first kappa shape index (κ1) is 22.2. The molecule has 0 aliphatic carbocycles. The van der Waals surface area contributed by atoms with Gasteiger partial charge in [0.15, 0.2) is 5.65 Å². The van der Waals surface area contributed by atoms with Crippen molar-refractivity contribution in [3.8, 4) is 16.9 Å². The van der Waals surface area contributed by atoms with Gasteiger partial charge in [-0.05, 0) is 56.1 Å². The van der Waals surface area contributed by atoms with E-state index in [4.69, 9.17) is 9.72 Å². The van der Waals surface area contributed by atoms with E-state index < -0.39 is 0 Å². The number of pyridine rings is 1. The molecule has 0 unspecified atom stereocenters. The van der Waals surface area contributed by atoms with E-state index >= 15 is 0 Å².